The molecule has 0 aliphatic rings. The fraction of sp³-hybridized carbons (Fsp3) is 0. The van der Waals surface area contributed by atoms with Gasteiger partial charge in [0.25, 0.3) is 0 Å². The van der Waals surface area contributed by atoms with Gasteiger partial charge in [-0.2, -0.15) is 0 Å². The molecule has 0 saturated heterocycles. The van der Waals surface area contributed by atoms with Crippen LogP contribution in [-0.4, -0.2) is 9.13 Å². The van der Waals surface area contributed by atoms with Crippen molar-refractivity contribution in [2.45, 2.75) is 0 Å². The molecule has 41 heavy (non-hydrogen) atoms. The predicted molar refractivity (Wildman–Crippen MR) is 169 cm³/mol. The highest BCUT2D eigenvalue weighted by Crippen LogP contribution is 2.46. The number of rotatable bonds is 2. The molecule has 0 saturated carbocycles. The Labute approximate surface area is 234 Å². The topological polar surface area (TPSA) is 27.4 Å². The van der Waals surface area contributed by atoms with Crippen LogP contribution < -0.4 is 0 Å². The number of benzene rings is 6. The summed E-state index contributed by atoms with van der Waals surface area (Å²) in [5.41, 5.74) is 8.24. The second-order valence-electron chi connectivity index (χ2n) is 10.4. The molecule has 0 fully saturated rings. The highest BCUT2D eigenvalue weighted by atomic mass is 16.3. The van der Waals surface area contributed by atoms with Gasteiger partial charge in [0, 0.05) is 32.3 Å². The summed E-state index contributed by atoms with van der Waals surface area (Å²) < 4.78 is 11.4. The Hall–Kier alpha value is -5.79. The van der Waals surface area contributed by atoms with Crippen LogP contribution in [0.15, 0.2) is 132 Å². The lowest BCUT2D eigenvalue weighted by Crippen LogP contribution is -2.04. The molecule has 0 unspecified atom stereocenters. The molecule has 0 atom stereocenters. The minimum atomic E-state index is 0.575. The number of hydrogen-bond donors (Lipinski definition) is 0. The van der Waals surface area contributed by atoms with Crippen molar-refractivity contribution in [1.29, 1.82) is 0 Å². The van der Waals surface area contributed by atoms with Gasteiger partial charge in [0.05, 0.1) is 34.3 Å². The number of furan rings is 1. The van der Waals surface area contributed by atoms with Gasteiger partial charge in [-0.3, -0.25) is 0 Å². The highest BCUT2D eigenvalue weighted by molar-refractivity contribution is 6.19. The van der Waals surface area contributed by atoms with Gasteiger partial charge in [-0.05, 0) is 36.4 Å². The third-order valence-electron chi connectivity index (χ3n) is 8.33. The first-order chi connectivity index (χ1) is 20.3. The van der Waals surface area contributed by atoms with Crippen LogP contribution in [0.1, 0.15) is 0 Å². The average molecular weight is 524 g/mol. The van der Waals surface area contributed by atoms with E-state index >= 15 is 0 Å². The largest absolute Gasteiger partial charge is 0.455 e. The Kier molecular flexibility index (Phi) is 4.37. The first-order valence-corrected chi connectivity index (χ1v) is 13.7. The number of aromatic nitrogens is 2. The molecule has 9 aromatic rings. The Morgan fingerprint density at radius 2 is 0.951 bits per heavy atom. The van der Waals surface area contributed by atoms with Crippen LogP contribution in [0.2, 0.25) is 0 Å². The number of nitrogens with zero attached hydrogens (tertiary/aromatic N) is 3. The van der Waals surface area contributed by atoms with E-state index in [4.69, 9.17) is 11.0 Å². The van der Waals surface area contributed by atoms with Crippen molar-refractivity contribution in [3.05, 3.63) is 139 Å². The normalized spacial score (nSPS) is 11.9. The zero-order valence-electron chi connectivity index (χ0n) is 21.9. The molecule has 0 spiro atoms. The van der Waals surface area contributed by atoms with Crippen molar-refractivity contribution in [3.8, 4) is 11.4 Å². The summed E-state index contributed by atoms with van der Waals surface area (Å²) in [6.45, 7) is 8.26. The van der Waals surface area contributed by atoms with E-state index in [-0.39, 0.29) is 0 Å². The number of para-hydroxylation sites is 5. The summed E-state index contributed by atoms with van der Waals surface area (Å²) in [7, 11) is 0. The molecule has 0 aliphatic carbocycles. The van der Waals surface area contributed by atoms with E-state index in [1.165, 1.54) is 21.5 Å². The number of hydrogen-bond acceptors (Lipinski definition) is 1. The zero-order valence-corrected chi connectivity index (χ0v) is 21.9. The van der Waals surface area contributed by atoms with Crippen LogP contribution in [0.3, 0.4) is 0 Å². The smallest absolute Gasteiger partial charge is 0.200 e. The highest BCUT2D eigenvalue weighted by Gasteiger charge is 2.26. The quantitative estimate of drug-likeness (QED) is 0.207. The average Bonchev–Trinajstić information content (AvgIpc) is 3.69. The molecule has 0 bridgehead atoms. The predicted octanol–water partition coefficient (Wildman–Crippen LogP) is 10.3. The SMILES string of the molecule is [C-]#[N+]c1cc(-n2c3ccccc3c3ccccc32)c(-n2c3ccccc3c3ccccc32)c2oc3ccccc3c12. The zero-order chi connectivity index (χ0) is 27.1. The maximum atomic E-state index is 8.26. The minimum absolute atomic E-state index is 0.575. The molecule has 0 aliphatic heterocycles. The van der Waals surface area contributed by atoms with Gasteiger partial charge in [0.1, 0.15) is 11.3 Å². The molecule has 190 valence electrons. The molecule has 4 nitrogen and oxygen atoms in total. The third kappa shape index (κ3) is 2.87. The van der Waals surface area contributed by atoms with Crippen LogP contribution in [-0.2, 0) is 0 Å². The standard InChI is InChI=1S/C37H21N3O/c1-38-28-22-33(39-29-17-7-2-12-23(29)24-13-3-8-18-30(24)39)36(37-35(28)27-16-6-11-21-34(27)41-37)40-31-19-9-4-14-25(31)26-15-5-10-20-32(26)40/h2-22H. The second-order valence-corrected chi connectivity index (χ2v) is 10.4. The maximum absolute atomic E-state index is 8.26. The van der Waals surface area contributed by atoms with Crippen molar-refractivity contribution >= 4 is 71.2 Å². The van der Waals surface area contributed by atoms with Gasteiger partial charge in [0.15, 0.2) is 5.58 Å². The van der Waals surface area contributed by atoms with E-state index in [9.17, 15) is 0 Å². The molecular weight excluding hydrogens is 502 g/mol. The van der Waals surface area contributed by atoms with Crippen LogP contribution >= 0.6 is 0 Å². The number of fused-ring (bicyclic) bond motifs is 9. The van der Waals surface area contributed by atoms with Crippen molar-refractivity contribution in [3.63, 3.8) is 0 Å². The molecule has 3 heterocycles. The van der Waals surface area contributed by atoms with Crippen molar-refractivity contribution in [2.75, 3.05) is 0 Å². The van der Waals surface area contributed by atoms with Gasteiger partial charge in [-0.15, -0.1) is 0 Å². The van der Waals surface area contributed by atoms with E-state index in [0.717, 1.165) is 49.8 Å². The monoisotopic (exact) mass is 523 g/mol. The summed E-state index contributed by atoms with van der Waals surface area (Å²) in [5, 5.41) is 6.49. The first-order valence-electron chi connectivity index (χ1n) is 13.7. The van der Waals surface area contributed by atoms with Crippen LogP contribution in [0.5, 0.6) is 0 Å². The molecule has 6 aromatic carbocycles. The van der Waals surface area contributed by atoms with E-state index in [1.54, 1.807) is 0 Å². The molecule has 3 aromatic heterocycles. The third-order valence-corrected chi connectivity index (χ3v) is 8.33. The van der Waals surface area contributed by atoms with Crippen molar-refractivity contribution in [1.82, 2.24) is 9.13 Å². The lowest BCUT2D eigenvalue weighted by molar-refractivity contribution is 0.666. The van der Waals surface area contributed by atoms with Crippen LogP contribution in [0.4, 0.5) is 5.69 Å². The molecule has 0 amide bonds. The molecule has 4 heteroatoms. The van der Waals surface area contributed by atoms with Gasteiger partial charge in [0.2, 0.25) is 5.69 Å². The minimum Gasteiger partial charge on any atom is -0.455 e. The summed E-state index contributed by atoms with van der Waals surface area (Å²) in [6.07, 6.45) is 0. The Balaban J connectivity index is 1.59. The summed E-state index contributed by atoms with van der Waals surface area (Å²) in [5.74, 6) is 0. The van der Waals surface area contributed by atoms with Gasteiger partial charge >= 0.3 is 0 Å². The molecule has 9 rings (SSSR count). The van der Waals surface area contributed by atoms with Crippen molar-refractivity contribution in [2.24, 2.45) is 0 Å². The lowest BCUT2D eigenvalue weighted by Gasteiger charge is -2.18. The Morgan fingerprint density at radius 3 is 1.46 bits per heavy atom. The Morgan fingerprint density at radius 1 is 0.512 bits per heavy atom. The molecular formula is C37H21N3O. The van der Waals surface area contributed by atoms with E-state index in [0.29, 0.717) is 11.3 Å². The van der Waals surface area contributed by atoms with Crippen LogP contribution in [0.25, 0.3) is 81.8 Å². The maximum Gasteiger partial charge on any atom is 0.200 e. The fourth-order valence-corrected chi connectivity index (χ4v) is 6.67. The van der Waals surface area contributed by atoms with Crippen molar-refractivity contribution < 1.29 is 4.42 Å². The summed E-state index contributed by atoms with van der Waals surface area (Å²) in [6, 6.07) is 44.1. The molecule has 0 radical (unpaired) electrons. The summed E-state index contributed by atoms with van der Waals surface area (Å²) >= 11 is 0. The van der Waals surface area contributed by atoms with Gasteiger partial charge in [-0.25, -0.2) is 4.85 Å². The fourth-order valence-electron chi connectivity index (χ4n) is 6.67. The lowest BCUT2D eigenvalue weighted by atomic mass is 10.1. The van der Waals surface area contributed by atoms with Crippen LogP contribution in [0, 0.1) is 6.57 Å². The Bertz CT molecular complexity index is 2450. The molecule has 0 N–H and O–H groups in total. The van der Waals surface area contributed by atoms with E-state index in [2.05, 4.69) is 117 Å². The van der Waals surface area contributed by atoms with Gasteiger partial charge in [-0.1, -0.05) is 91.0 Å². The summed E-state index contributed by atoms with van der Waals surface area (Å²) in [4.78, 5) is 4.07. The first kappa shape index (κ1) is 22.1. The van der Waals surface area contributed by atoms with Gasteiger partial charge < -0.3 is 13.6 Å². The van der Waals surface area contributed by atoms with E-state index < -0.39 is 0 Å². The second kappa shape index (κ2) is 8.11. The van der Waals surface area contributed by atoms with E-state index in [1.807, 2.05) is 24.3 Å².